The van der Waals surface area contributed by atoms with Crippen molar-refractivity contribution in [3.05, 3.63) is 169 Å². The first-order valence-electron chi connectivity index (χ1n) is 18.6. The molecule has 4 aromatic heterocycles. The third-order valence-electron chi connectivity index (χ3n) is 10.6. The highest BCUT2D eigenvalue weighted by atomic mass is 15.0. The molecule has 4 nitrogen and oxygen atoms in total. The number of benzene rings is 4. The summed E-state index contributed by atoms with van der Waals surface area (Å²) in [6, 6.07) is 36.2. The van der Waals surface area contributed by atoms with E-state index in [4.69, 9.17) is 0 Å². The molecule has 0 saturated heterocycles. The van der Waals surface area contributed by atoms with E-state index >= 15 is 0 Å². The molecule has 4 heterocycles. The average Bonchev–Trinajstić information content (AvgIpc) is 3.13. The Kier molecular flexibility index (Phi) is 8.57. The van der Waals surface area contributed by atoms with Crippen LogP contribution >= 0.6 is 0 Å². The van der Waals surface area contributed by atoms with E-state index in [0.717, 1.165) is 26.2 Å². The molecule has 8 rings (SSSR count). The van der Waals surface area contributed by atoms with Crippen molar-refractivity contribution < 1.29 is 18.3 Å². The van der Waals surface area contributed by atoms with E-state index in [0.29, 0.717) is 0 Å². The maximum atomic E-state index is 2.34. The lowest BCUT2D eigenvalue weighted by Gasteiger charge is -2.18. The summed E-state index contributed by atoms with van der Waals surface area (Å²) in [5.41, 5.74) is 8.18. The molecule has 52 heavy (non-hydrogen) atoms. The molecule has 0 aliphatic rings. The predicted octanol–water partition coefficient (Wildman–Crippen LogP) is 8.79. The third-order valence-corrected chi connectivity index (χ3v) is 10.6. The maximum Gasteiger partial charge on any atom is 0.206 e. The van der Waals surface area contributed by atoms with Gasteiger partial charge in [-0.2, -0.15) is 13.7 Å². The molecule has 0 bridgehead atoms. The quantitative estimate of drug-likeness (QED) is 0.113. The zero-order chi connectivity index (χ0) is 36.0. The number of aromatic nitrogens is 4. The fraction of sp³-hybridized carbons (Fsp3) is 0.250. The molecule has 0 aliphatic heterocycles. The van der Waals surface area contributed by atoms with Gasteiger partial charge in [0.2, 0.25) is 13.1 Å². The summed E-state index contributed by atoms with van der Waals surface area (Å²) in [4.78, 5) is 0. The zero-order valence-corrected chi connectivity index (χ0v) is 31.5. The molecule has 0 N–H and O–H groups in total. The average molecular weight is 683 g/mol. The molecular weight excluding hydrogens is 633 g/mol. The van der Waals surface area contributed by atoms with Crippen molar-refractivity contribution in [2.45, 2.75) is 78.6 Å². The van der Waals surface area contributed by atoms with Gasteiger partial charge in [-0.15, -0.1) is 0 Å². The lowest BCUT2D eigenvalue weighted by molar-refractivity contribution is -0.777. The Morgan fingerprint density at radius 2 is 0.712 bits per heavy atom. The molecule has 0 fully saturated rings. The van der Waals surface area contributed by atoms with Crippen molar-refractivity contribution in [2.75, 3.05) is 0 Å². The van der Waals surface area contributed by atoms with Gasteiger partial charge >= 0.3 is 0 Å². The minimum absolute atomic E-state index is 0.166. The van der Waals surface area contributed by atoms with Gasteiger partial charge in [0, 0.05) is 67.7 Å². The van der Waals surface area contributed by atoms with E-state index in [2.05, 4.69) is 206 Å². The molecule has 8 aromatic rings. The summed E-state index contributed by atoms with van der Waals surface area (Å²) in [5, 5.41) is 7.86. The molecule has 258 valence electrons. The van der Waals surface area contributed by atoms with Crippen molar-refractivity contribution in [1.82, 2.24) is 0 Å². The Hall–Kier alpha value is -5.48. The van der Waals surface area contributed by atoms with E-state index in [1.54, 1.807) is 0 Å². The van der Waals surface area contributed by atoms with Crippen molar-refractivity contribution >= 4 is 32.3 Å². The van der Waals surface area contributed by atoms with Gasteiger partial charge in [0.25, 0.3) is 0 Å². The van der Waals surface area contributed by atoms with Crippen LogP contribution in [-0.2, 0) is 37.0 Å². The molecule has 0 aliphatic carbocycles. The summed E-state index contributed by atoms with van der Waals surface area (Å²) in [7, 11) is 0. The van der Waals surface area contributed by atoms with Crippen LogP contribution in [0.3, 0.4) is 0 Å². The number of hydrogen-bond donors (Lipinski definition) is 0. The first kappa shape index (κ1) is 33.7. The summed E-state index contributed by atoms with van der Waals surface area (Å²) in [6.45, 7) is 17.1. The minimum atomic E-state index is 0.166. The summed E-state index contributed by atoms with van der Waals surface area (Å²) >= 11 is 0. The minimum Gasteiger partial charge on any atom is -0.201 e. The Morgan fingerprint density at radius 1 is 0.365 bits per heavy atom. The number of aryl methyl sites for hydroxylation is 2. The van der Waals surface area contributed by atoms with Gasteiger partial charge in [-0.1, -0.05) is 90.1 Å². The van der Waals surface area contributed by atoms with Crippen LogP contribution in [-0.4, -0.2) is 0 Å². The van der Waals surface area contributed by atoms with E-state index in [1.165, 1.54) is 65.7 Å². The van der Waals surface area contributed by atoms with E-state index < -0.39 is 0 Å². The van der Waals surface area contributed by atoms with Crippen LogP contribution in [0, 0.1) is 0 Å². The Labute approximate surface area is 308 Å². The zero-order valence-electron chi connectivity index (χ0n) is 31.5. The fourth-order valence-corrected chi connectivity index (χ4v) is 7.47. The van der Waals surface area contributed by atoms with E-state index in [9.17, 15) is 0 Å². The van der Waals surface area contributed by atoms with E-state index in [-0.39, 0.29) is 10.8 Å². The largest absolute Gasteiger partial charge is 0.206 e. The first-order chi connectivity index (χ1) is 25.0. The first-order valence-corrected chi connectivity index (χ1v) is 18.6. The summed E-state index contributed by atoms with van der Waals surface area (Å²) in [6.07, 6.45) is 18.0. The molecule has 0 unspecified atom stereocenters. The van der Waals surface area contributed by atoms with Crippen LogP contribution in [0.4, 0.5) is 0 Å². The second kappa shape index (κ2) is 13.2. The monoisotopic (exact) mass is 682 g/mol. The molecule has 0 spiro atoms. The normalized spacial score (nSPS) is 12.3. The highest BCUT2D eigenvalue weighted by Gasteiger charge is 2.19. The molecule has 0 radical (unpaired) electrons. The van der Waals surface area contributed by atoms with Gasteiger partial charge in [-0.05, 0) is 57.3 Å². The van der Waals surface area contributed by atoms with Crippen LogP contribution in [0.15, 0.2) is 147 Å². The van der Waals surface area contributed by atoms with Gasteiger partial charge in [-0.25, -0.2) is 4.57 Å². The summed E-state index contributed by atoms with van der Waals surface area (Å²) < 4.78 is 9.20. The molecule has 0 atom stereocenters. The highest BCUT2D eigenvalue weighted by molar-refractivity contribution is 6.21. The van der Waals surface area contributed by atoms with Gasteiger partial charge in [0.1, 0.15) is 0 Å². The lowest BCUT2D eigenvalue weighted by Crippen LogP contribution is -2.43. The van der Waals surface area contributed by atoms with Gasteiger partial charge < -0.3 is 0 Å². The standard InChI is InChI=1S/C48H50N4/c1-47(2,3)43-15-7-35(8-16-43)29-50-25-21-38(22-26-50)37-19-23-49(24-20-37)27-28-51-31-39-11-13-41-33-52(30-36-9-17-44(18-10-36)48(4,5)6)34-42-14-12-40(32-51)45(39)46(41)42/h7-26,31-34H,27-30H2,1-6H3/q+4. The Balaban J connectivity index is 0.936. The van der Waals surface area contributed by atoms with Crippen LogP contribution in [0.25, 0.3) is 43.4 Å². The van der Waals surface area contributed by atoms with Crippen molar-refractivity contribution in [1.29, 1.82) is 0 Å². The van der Waals surface area contributed by atoms with Crippen LogP contribution in [0.1, 0.15) is 63.8 Å². The van der Waals surface area contributed by atoms with Crippen molar-refractivity contribution in [3.8, 4) is 11.1 Å². The highest BCUT2D eigenvalue weighted by Crippen LogP contribution is 2.32. The maximum absolute atomic E-state index is 2.34. The molecule has 0 amide bonds. The molecule has 0 saturated carbocycles. The van der Waals surface area contributed by atoms with Crippen molar-refractivity contribution in [3.63, 3.8) is 0 Å². The molecule has 4 heteroatoms. The smallest absolute Gasteiger partial charge is 0.201 e. The van der Waals surface area contributed by atoms with Crippen LogP contribution in [0.2, 0.25) is 0 Å². The topological polar surface area (TPSA) is 15.5 Å². The van der Waals surface area contributed by atoms with Crippen LogP contribution in [0.5, 0.6) is 0 Å². The van der Waals surface area contributed by atoms with Crippen LogP contribution < -0.4 is 18.3 Å². The van der Waals surface area contributed by atoms with E-state index in [1.807, 2.05) is 0 Å². The van der Waals surface area contributed by atoms with Gasteiger partial charge in [-0.3, -0.25) is 0 Å². The van der Waals surface area contributed by atoms with Gasteiger partial charge in [0.15, 0.2) is 62.7 Å². The predicted molar refractivity (Wildman–Crippen MR) is 211 cm³/mol. The second-order valence-electron chi connectivity index (χ2n) is 16.6. The fourth-order valence-electron chi connectivity index (χ4n) is 7.47. The Morgan fingerprint density at radius 3 is 1.12 bits per heavy atom. The second-order valence-corrected chi connectivity index (χ2v) is 16.6. The number of pyridine rings is 4. The molecule has 4 aromatic carbocycles. The van der Waals surface area contributed by atoms with Crippen molar-refractivity contribution in [2.24, 2.45) is 0 Å². The number of rotatable bonds is 8. The third kappa shape index (κ3) is 7.03. The Bertz CT molecular complexity index is 2420. The molecular formula is C48H50N4+4. The lowest BCUT2D eigenvalue weighted by atomic mass is 9.87. The number of hydrogen-bond acceptors (Lipinski definition) is 0. The summed E-state index contributed by atoms with van der Waals surface area (Å²) in [5.74, 6) is 0. The number of nitrogens with zero attached hydrogens (tertiary/aromatic N) is 4. The van der Waals surface area contributed by atoms with Gasteiger partial charge in [0.05, 0.1) is 0 Å². The SMILES string of the molecule is CC(C)(C)c1ccc(C[n+]2ccc(-c3cc[n+](CC[n+]4cc5ccc6c[n+](Cc7ccc(C(C)(C)C)cc7)cc7ccc(c4)c5c67)cc3)cc2)cc1.